The maximum atomic E-state index is 12.3. The number of carbonyl (C=O) groups excluding carboxylic acids is 2. The van der Waals surface area contributed by atoms with Gasteiger partial charge in [-0.15, -0.1) is 0 Å². The third kappa shape index (κ3) is 55.7. The molecule has 0 saturated heterocycles. The van der Waals surface area contributed by atoms with Crippen molar-refractivity contribution in [1.82, 2.24) is 0 Å². The van der Waals surface area contributed by atoms with Crippen molar-refractivity contribution >= 4 is 11.9 Å². The smallest absolute Gasteiger partial charge is 0.306 e. The van der Waals surface area contributed by atoms with Gasteiger partial charge in [-0.25, -0.2) is 0 Å². The van der Waals surface area contributed by atoms with Gasteiger partial charge in [-0.3, -0.25) is 9.59 Å². The van der Waals surface area contributed by atoms with Crippen molar-refractivity contribution in [3.05, 3.63) is 85.1 Å². The van der Waals surface area contributed by atoms with E-state index in [2.05, 4.69) is 98.9 Å². The highest BCUT2D eigenvalue weighted by molar-refractivity contribution is 5.70. The number of unbranched alkanes of at least 4 members (excludes halogenated alkanes) is 31. The zero-order valence-corrected chi connectivity index (χ0v) is 44.9. The molecule has 0 fully saturated rings. The van der Waals surface area contributed by atoms with Crippen LogP contribution >= 0.6 is 0 Å². The maximum Gasteiger partial charge on any atom is 0.306 e. The summed E-state index contributed by atoms with van der Waals surface area (Å²) in [6.45, 7) is 4.03. The molecule has 0 heterocycles. The van der Waals surface area contributed by atoms with Crippen LogP contribution in [-0.4, -0.2) is 36.4 Å². The van der Waals surface area contributed by atoms with Gasteiger partial charge in [-0.2, -0.15) is 0 Å². The molecule has 0 saturated carbocycles. The molecule has 0 aromatic heterocycles. The van der Waals surface area contributed by atoms with Gasteiger partial charge in [0.05, 0.1) is 6.61 Å². The minimum Gasteiger partial charge on any atom is -0.462 e. The average Bonchev–Trinajstić information content (AvgIpc) is 3.34. The van der Waals surface area contributed by atoms with Crippen LogP contribution in [0.1, 0.15) is 284 Å². The summed E-state index contributed by atoms with van der Waals surface area (Å²) in [5.41, 5.74) is 0. The maximum absolute atomic E-state index is 12.3. The summed E-state index contributed by atoms with van der Waals surface area (Å²) in [6.07, 6.45) is 81.5. The van der Waals surface area contributed by atoms with Crippen LogP contribution in [0.5, 0.6) is 0 Å². The number of hydrogen-bond donors (Lipinski definition) is 1. The molecular weight excluding hydrogens is 837 g/mol. The number of aliphatic hydroxyl groups excluding tert-OH is 1. The molecule has 0 amide bonds. The van der Waals surface area contributed by atoms with Crippen molar-refractivity contribution in [2.75, 3.05) is 13.2 Å². The van der Waals surface area contributed by atoms with Crippen LogP contribution in [0, 0.1) is 0 Å². The SMILES string of the molecule is CC/C=C\C/C=C\C/C=C\C/C=C\C/C=C\C/C=C\CCCCCCCCCCCCCCCCCCCCCCC(=O)OC(CO)COC(=O)CCCCCCC/C=C\CCCCCCCC. The Morgan fingerprint density at radius 2 is 0.632 bits per heavy atom. The van der Waals surface area contributed by atoms with Crippen LogP contribution in [0.2, 0.25) is 0 Å². The van der Waals surface area contributed by atoms with Crippen molar-refractivity contribution in [3.63, 3.8) is 0 Å². The van der Waals surface area contributed by atoms with E-state index in [1.54, 1.807) is 0 Å². The van der Waals surface area contributed by atoms with Crippen LogP contribution in [-0.2, 0) is 19.1 Å². The topological polar surface area (TPSA) is 72.8 Å². The van der Waals surface area contributed by atoms with Crippen LogP contribution in [0.3, 0.4) is 0 Å². The Bertz CT molecular complexity index is 1250. The van der Waals surface area contributed by atoms with Gasteiger partial charge in [0, 0.05) is 12.8 Å². The van der Waals surface area contributed by atoms with Crippen LogP contribution < -0.4 is 0 Å². The zero-order valence-electron chi connectivity index (χ0n) is 44.9. The first-order chi connectivity index (χ1) is 33.6. The Balaban J connectivity index is 3.44. The highest BCUT2D eigenvalue weighted by atomic mass is 16.6. The second kappa shape index (κ2) is 58.4. The molecule has 1 atom stereocenters. The third-order valence-corrected chi connectivity index (χ3v) is 12.7. The van der Waals surface area contributed by atoms with Gasteiger partial charge in [0.2, 0.25) is 0 Å². The fourth-order valence-corrected chi connectivity index (χ4v) is 8.32. The van der Waals surface area contributed by atoms with E-state index >= 15 is 0 Å². The molecule has 0 spiro atoms. The fourth-order valence-electron chi connectivity index (χ4n) is 8.32. The van der Waals surface area contributed by atoms with E-state index in [-0.39, 0.29) is 25.2 Å². The highest BCUT2D eigenvalue weighted by Crippen LogP contribution is 2.16. The van der Waals surface area contributed by atoms with Gasteiger partial charge in [0.1, 0.15) is 6.61 Å². The van der Waals surface area contributed by atoms with E-state index in [9.17, 15) is 14.7 Å². The van der Waals surface area contributed by atoms with Gasteiger partial charge >= 0.3 is 11.9 Å². The van der Waals surface area contributed by atoms with E-state index in [0.717, 1.165) is 83.5 Å². The molecule has 392 valence electrons. The second-order valence-corrected chi connectivity index (χ2v) is 19.3. The fraction of sp³-hybridized carbons (Fsp3) is 0.746. The summed E-state index contributed by atoms with van der Waals surface area (Å²) in [5.74, 6) is -0.591. The minimum atomic E-state index is -0.776. The van der Waals surface area contributed by atoms with Crippen molar-refractivity contribution < 1.29 is 24.2 Å². The largest absolute Gasteiger partial charge is 0.462 e. The Morgan fingerprint density at radius 1 is 0.353 bits per heavy atom. The lowest BCUT2D eigenvalue weighted by Crippen LogP contribution is -2.28. The molecule has 0 bridgehead atoms. The molecule has 0 aliphatic heterocycles. The second-order valence-electron chi connectivity index (χ2n) is 19.3. The van der Waals surface area contributed by atoms with E-state index in [4.69, 9.17) is 9.47 Å². The molecule has 0 aromatic rings. The Kier molecular flexibility index (Phi) is 55.9. The number of hydrogen-bond acceptors (Lipinski definition) is 5. The quantitative estimate of drug-likeness (QED) is 0.0374. The molecule has 0 radical (unpaired) electrons. The van der Waals surface area contributed by atoms with E-state index < -0.39 is 6.10 Å². The zero-order chi connectivity index (χ0) is 49.2. The lowest BCUT2D eigenvalue weighted by Gasteiger charge is -2.15. The molecule has 68 heavy (non-hydrogen) atoms. The van der Waals surface area contributed by atoms with Gasteiger partial charge < -0.3 is 14.6 Å². The Morgan fingerprint density at radius 3 is 0.971 bits per heavy atom. The van der Waals surface area contributed by atoms with Crippen LogP contribution in [0.25, 0.3) is 0 Å². The van der Waals surface area contributed by atoms with Crippen molar-refractivity contribution in [3.8, 4) is 0 Å². The summed E-state index contributed by atoms with van der Waals surface area (Å²) < 4.78 is 10.7. The monoisotopic (exact) mass is 947 g/mol. The van der Waals surface area contributed by atoms with E-state index in [1.165, 1.54) is 173 Å². The molecule has 0 aromatic carbocycles. The Labute approximate surface area is 422 Å². The summed E-state index contributed by atoms with van der Waals surface area (Å²) in [5, 5.41) is 9.63. The van der Waals surface area contributed by atoms with Crippen molar-refractivity contribution in [1.29, 1.82) is 0 Å². The van der Waals surface area contributed by atoms with Gasteiger partial charge in [-0.1, -0.05) is 266 Å². The van der Waals surface area contributed by atoms with Crippen LogP contribution in [0.4, 0.5) is 0 Å². The van der Waals surface area contributed by atoms with Crippen LogP contribution in [0.15, 0.2) is 85.1 Å². The standard InChI is InChI=1S/C63H110O5/c1-3-5-7-9-11-13-15-17-19-20-21-22-23-24-25-26-27-28-29-30-31-32-33-34-35-36-37-38-39-40-41-42-44-46-48-50-52-54-56-58-63(66)68-61(59-64)60-67-62(65)57-55-53-51-49-47-45-43-18-16-14-12-10-8-6-4-2/h5,7,11,13,17-19,21-22,24-25,27-28,43,61,64H,3-4,6,8-10,12,14-16,20,23,26,29-42,44-60H2,1-2H3/b7-5-,13-11-,19-17-,22-21-,25-24-,28-27-,43-18-. The molecule has 0 aliphatic rings. The predicted octanol–water partition coefficient (Wildman–Crippen LogP) is 19.8. The summed E-state index contributed by atoms with van der Waals surface area (Å²) >= 11 is 0. The van der Waals surface area contributed by atoms with Gasteiger partial charge in [0.25, 0.3) is 0 Å². The first-order valence-corrected chi connectivity index (χ1v) is 29.1. The third-order valence-electron chi connectivity index (χ3n) is 12.7. The summed E-state index contributed by atoms with van der Waals surface area (Å²) in [7, 11) is 0. The van der Waals surface area contributed by atoms with E-state index in [0.29, 0.717) is 12.8 Å². The van der Waals surface area contributed by atoms with Gasteiger partial charge in [-0.05, 0) is 89.9 Å². The van der Waals surface area contributed by atoms with Crippen molar-refractivity contribution in [2.45, 2.75) is 290 Å². The summed E-state index contributed by atoms with van der Waals surface area (Å²) in [6, 6.07) is 0. The number of ether oxygens (including phenoxy) is 2. The van der Waals surface area contributed by atoms with Gasteiger partial charge in [0.15, 0.2) is 6.10 Å². The lowest BCUT2D eigenvalue weighted by atomic mass is 10.0. The number of rotatable bonds is 53. The Hall–Kier alpha value is -2.92. The number of aliphatic hydroxyl groups is 1. The highest BCUT2D eigenvalue weighted by Gasteiger charge is 2.16. The molecule has 1 N–H and O–H groups in total. The number of esters is 2. The minimum absolute atomic E-state index is 0.0688. The lowest BCUT2D eigenvalue weighted by molar-refractivity contribution is -0.161. The molecular formula is C63H110O5. The number of allylic oxidation sites excluding steroid dienone is 14. The van der Waals surface area contributed by atoms with E-state index in [1.807, 2.05) is 0 Å². The molecule has 1 unspecified atom stereocenters. The normalized spacial score (nSPS) is 12.8. The molecule has 5 heteroatoms. The first kappa shape index (κ1) is 65.1. The molecule has 5 nitrogen and oxygen atoms in total. The predicted molar refractivity (Wildman–Crippen MR) is 297 cm³/mol. The summed E-state index contributed by atoms with van der Waals surface area (Å²) in [4.78, 5) is 24.5. The molecule has 0 rings (SSSR count). The molecule has 0 aliphatic carbocycles. The average molecular weight is 948 g/mol. The number of carbonyl (C=O) groups is 2. The van der Waals surface area contributed by atoms with Crippen molar-refractivity contribution in [2.24, 2.45) is 0 Å². The first-order valence-electron chi connectivity index (χ1n) is 29.1.